The highest BCUT2D eigenvalue weighted by Gasteiger charge is 2.75. The SMILES string of the molecule is CC1(C)OC(=O)C2(C(=O)O1)[C@H](c1ccc(F)cc1)[C@@H](C(=O)C(C)(C)C)N1N=Cc3ccccc3[C@@H]12. The summed E-state index contributed by atoms with van der Waals surface area (Å²) in [5.41, 5.74) is -0.933. The van der Waals surface area contributed by atoms with Crippen molar-refractivity contribution in [3.8, 4) is 0 Å². The van der Waals surface area contributed by atoms with Crippen LogP contribution in [0.5, 0.6) is 0 Å². The number of esters is 2. The first-order valence-corrected chi connectivity index (χ1v) is 11.6. The van der Waals surface area contributed by atoms with Crippen LogP contribution in [0.15, 0.2) is 53.6 Å². The van der Waals surface area contributed by atoms with Gasteiger partial charge in [-0.2, -0.15) is 5.10 Å². The van der Waals surface area contributed by atoms with Crippen molar-refractivity contribution < 1.29 is 28.2 Å². The second-order valence-electron chi connectivity index (χ2n) is 10.8. The Morgan fingerprint density at radius 3 is 2.20 bits per heavy atom. The standard InChI is InChI=1S/C27H27FN2O5/c1-25(2,3)22(31)20-19(15-10-12-17(28)13-11-15)27(23(32)34-26(4,5)35-24(27)33)21-18-9-7-6-8-16(18)14-29-30(20)21/h6-14,19-21H,1-5H3/t19-,20+,21-/m1/s1. The van der Waals surface area contributed by atoms with Crippen LogP contribution in [0.4, 0.5) is 4.39 Å². The molecular weight excluding hydrogens is 451 g/mol. The molecule has 0 unspecified atom stereocenters. The molecule has 3 aliphatic rings. The zero-order chi connectivity index (χ0) is 25.3. The number of fused-ring (bicyclic) bond motifs is 4. The van der Waals surface area contributed by atoms with Crippen LogP contribution in [0.25, 0.3) is 0 Å². The highest BCUT2D eigenvalue weighted by Crippen LogP contribution is 2.63. The molecule has 0 aliphatic carbocycles. The summed E-state index contributed by atoms with van der Waals surface area (Å²) in [7, 11) is 0. The van der Waals surface area contributed by atoms with Crippen molar-refractivity contribution in [2.45, 2.75) is 58.4 Å². The smallest absolute Gasteiger partial charge is 0.330 e. The lowest BCUT2D eigenvalue weighted by atomic mass is 9.64. The summed E-state index contributed by atoms with van der Waals surface area (Å²) < 4.78 is 25.3. The van der Waals surface area contributed by atoms with Crippen LogP contribution in [0.1, 0.15) is 63.3 Å². The van der Waals surface area contributed by atoms with Gasteiger partial charge in [0.25, 0.3) is 5.79 Å². The van der Waals surface area contributed by atoms with E-state index in [2.05, 4.69) is 5.10 Å². The van der Waals surface area contributed by atoms with Crippen LogP contribution in [0, 0.1) is 16.6 Å². The number of benzene rings is 2. The lowest BCUT2D eigenvalue weighted by Gasteiger charge is -2.44. The van der Waals surface area contributed by atoms with Gasteiger partial charge < -0.3 is 9.47 Å². The fourth-order valence-corrected chi connectivity index (χ4v) is 5.50. The van der Waals surface area contributed by atoms with Gasteiger partial charge in [0.1, 0.15) is 17.9 Å². The summed E-state index contributed by atoms with van der Waals surface area (Å²) in [6.07, 6.45) is 1.62. The molecule has 0 amide bonds. The van der Waals surface area contributed by atoms with Gasteiger partial charge in [0.05, 0.1) is 6.21 Å². The van der Waals surface area contributed by atoms with E-state index in [9.17, 15) is 18.8 Å². The third-order valence-corrected chi connectivity index (χ3v) is 7.00. The Balaban J connectivity index is 1.85. The molecule has 2 fully saturated rings. The second kappa shape index (κ2) is 7.47. The molecule has 0 radical (unpaired) electrons. The Morgan fingerprint density at radius 1 is 1.00 bits per heavy atom. The van der Waals surface area contributed by atoms with Gasteiger partial charge in [0.2, 0.25) is 5.41 Å². The average molecular weight is 479 g/mol. The van der Waals surface area contributed by atoms with Crippen LogP contribution in [-0.4, -0.2) is 40.8 Å². The molecule has 3 heterocycles. The second-order valence-corrected chi connectivity index (χ2v) is 10.8. The van der Waals surface area contributed by atoms with Crippen molar-refractivity contribution in [3.63, 3.8) is 0 Å². The molecule has 2 aromatic carbocycles. The van der Waals surface area contributed by atoms with Crippen LogP contribution >= 0.6 is 0 Å². The lowest BCUT2D eigenvalue weighted by molar-refractivity contribution is -0.254. The molecule has 0 aromatic heterocycles. The number of hydrogen-bond acceptors (Lipinski definition) is 7. The first kappa shape index (κ1) is 23.2. The normalized spacial score (nSPS) is 26.1. The van der Waals surface area contributed by atoms with Crippen molar-refractivity contribution in [1.82, 2.24) is 5.01 Å². The molecule has 5 rings (SSSR count). The maximum atomic E-state index is 14.0. The number of rotatable bonds is 2. The van der Waals surface area contributed by atoms with Crippen molar-refractivity contribution in [1.29, 1.82) is 0 Å². The summed E-state index contributed by atoms with van der Waals surface area (Å²) in [6.45, 7) is 8.30. The molecule has 35 heavy (non-hydrogen) atoms. The van der Waals surface area contributed by atoms with E-state index < -0.39 is 52.4 Å². The van der Waals surface area contributed by atoms with E-state index >= 15 is 0 Å². The molecule has 7 nitrogen and oxygen atoms in total. The maximum absolute atomic E-state index is 14.0. The number of ether oxygens (including phenoxy) is 2. The van der Waals surface area contributed by atoms with E-state index in [1.165, 1.54) is 38.1 Å². The molecule has 182 valence electrons. The number of carbonyl (C=O) groups is 3. The Hall–Kier alpha value is -3.55. The predicted molar refractivity (Wildman–Crippen MR) is 125 cm³/mol. The fraction of sp³-hybridized carbons (Fsp3) is 0.407. The quantitative estimate of drug-likeness (QED) is 0.477. The maximum Gasteiger partial charge on any atom is 0.330 e. The van der Waals surface area contributed by atoms with Gasteiger partial charge in [0.15, 0.2) is 5.78 Å². The molecule has 0 saturated carbocycles. The van der Waals surface area contributed by atoms with Gasteiger partial charge in [-0.1, -0.05) is 57.2 Å². The van der Waals surface area contributed by atoms with Crippen molar-refractivity contribution in [3.05, 3.63) is 71.0 Å². The Morgan fingerprint density at radius 2 is 1.60 bits per heavy atom. The molecular formula is C27H27FN2O5. The number of halogens is 1. The molecule has 8 heteroatoms. The van der Waals surface area contributed by atoms with Gasteiger partial charge in [-0.3, -0.25) is 19.4 Å². The van der Waals surface area contributed by atoms with Crippen molar-refractivity contribution in [2.24, 2.45) is 15.9 Å². The molecule has 2 aromatic rings. The van der Waals surface area contributed by atoms with Crippen molar-refractivity contribution in [2.75, 3.05) is 0 Å². The van der Waals surface area contributed by atoms with Gasteiger partial charge in [-0.15, -0.1) is 0 Å². The minimum absolute atomic E-state index is 0.212. The lowest BCUT2D eigenvalue weighted by Crippen LogP contribution is -2.58. The first-order chi connectivity index (χ1) is 16.4. The number of nitrogens with zero attached hydrogens (tertiary/aromatic N) is 2. The summed E-state index contributed by atoms with van der Waals surface area (Å²) in [6, 6.07) is 10.8. The van der Waals surface area contributed by atoms with E-state index in [1.54, 1.807) is 38.1 Å². The van der Waals surface area contributed by atoms with Crippen molar-refractivity contribution >= 4 is 23.9 Å². The monoisotopic (exact) mass is 478 g/mol. The zero-order valence-corrected chi connectivity index (χ0v) is 20.2. The van der Waals surface area contributed by atoms with Gasteiger partial charge >= 0.3 is 11.9 Å². The van der Waals surface area contributed by atoms with Gasteiger partial charge in [0, 0.05) is 25.2 Å². The Bertz CT molecular complexity index is 1240. The molecule has 0 N–H and O–H groups in total. The Labute approximate surface area is 202 Å². The van der Waals surface area contributed by atoms with E-state index in [0.717, 1.165) is 5.56 Å². The van der Waals surface area contributed by atoms with Crippen LogP contribution in [0.2, 0.25) is 0 Å². The summed E-state index contributed by atoms with van der Waals surface area (Å²) in [5, 5.41) is 6.14. The number of Topliss-reactive ketones (excluding diaryl/α,β-unsaturated/α-hetero) is 1. The highest BCUT2D eigenvalue weighted by molar-refractivity contribution is 6.07. The topological polar surface area (TPSA) is 85.3 Å². The number of cyclic esters (lactones) is 2. The number of hydrogen-bond donors (Lipinski definition) is 0. The number of carbonyl (C=O) groups excluding carboxylic acids is 3. The summed E-state index contributed by atoms with van der Waals surface area (Å²) in [4.78, 5) is 41.9. The number of hydrazone groups is 1. The van der Waals surface area contributed by atoms with Crippen LogP contribution in [-0.2, 0) is 23.9 Å². The van der Waals surface area contributed by atoms with Crippen LogP contribution < -0.4 is 0 Å². The molecule has 1 spiro atoms. The molecule has 0 bridgehead atoms. The van der Waals surface area contributed by atoms with Crippen LogP contribution in [0.3, 0.4) is 0 Å². The molecule has 3 aliphatic heterocycles. The van der Waals surface area contributed by atoms with E-state index in [-0.39, 0.29) is 5.78 Å². The molecule has 2 saturated heterocycles. The number of ketones is 1. The summed E-state index contributed by atoms with van der Waals surface area (Å²) >= 11 is 0. The van der Waals surface area contributed by atoms with Gasteiger partial charge in [-0.05, 0) is 28.8 Å². The summed E-state index contributed by atoms with van der Waals surface area (Å²) in [5.74, 6) is -4.77. The first-order valence-electron chi connectivity index (χ1n) is 11.6. The highest BCUT2D eigenvalue weighted by atomic mass is 19.1. The minimum atomic E-state index is -1.94. The largest absolute Gasteiger partial charge is 0.422 e. The zero-order valence-electron chi connectivity index (χ0n) is 20.2. The van der Waals surface area contributed by atoms with E-state index in [0.29, 0.717) is 11.1 Å². The van der Waals surface area contributed by atoms with E-state index in [1.807, 2.05) is 18.2 Å². The third-order valence-electron chi connectivity index (χ3n) is 7.00. The Kier molecular flexibility index (Phi) is 4.95. The van der Waals surface area contributed by atoms with Gasteiger partial charge in [-0.25, -0.2) is 4.39 Å². The average Bonchev–Trinajstić information content (AvgIpc) is 3.09. The third kappa shape index (κ3) is 3.30. The fourth-order valence-electron chi connectivity index (χ4n) is 5.50. The van der Waals surface area contributed by atoms with E-state index in [4.69, 9.17) is 9.47 Å². The predicted octanol–water partition coefficient (Wildman–Crippen LogP) is 4.12. The minimum Gasteiger partial charge on any atom is -0.422 e. The molecule has 3 atom stereocenters.